The van der Waals surface area contributed by atoms with Crippen molar-refractivity contribution >= 4 is 11.7 Å². The summed E-state index contributed by atoms with van der Waals surface area (Å²) >= 11 is 0. The van der Waals surface area contributed by atoms with Crippen molar-refractivity contribution < 1.29 is 22.7 Å². The van der Waals surface area contributed by atoms with Crippen LogP contribution in [0, 0.1) is 6.92 Å². The summed E-state index contributed by atoms with van der Waals surface area (Å²) in [6, 6.07) is 0.919. The third kappa shape index (κ3) is 3.35. The lowest BCUT2D eigenvalue weighted by Gasteiger charge is -2.10. The van der Waals surface area contributed by atoms with E-state index in [1.165, 1.54) is 13.8 Å². The van der Waals surface area contributed by atoms with Gasteiger partial charge in [-0.3, -0.25) is 0 Å². The van der Waals surface area contributed by atoms with E-state index < -0.39 is 17.8 Å². The molecule has 0 N–H and O–H groups in total. The molecule has 1 aromatic rings. The second-order valence-electron chi connectivity index (χ2n) is 3.62. The zero-order chi connectivity index (χ0) is 13.9. The molecule has 1 aromatic heterocycles. The van der Waals surface area contributed by atoms with Crippen molar-refractivity contribution in [3.05, 3.63) is 23.5 Å². The summed E-state index contributed by atoms with van der Waals surface area (Å²) in [5.41, 5.74) is -0.647. The van der Waals surface area contributed by atoms with Gasteiger partial charge in [-0.1, -0.05) is 0 Å². The van der Waals surface area contributed by atoms with E-state index in [1.54, 1.807) is 6.92 Å². The Morgan fingerprint density at radius 3 is 2.67 bits per heavy atom. The maximum absolute atomic E-state index is 12.7. The molecule has 0 atom stereocenters. The third-order valence-electron chi connectivity index (χ3n) is 2.07. The van der Waals surface area contributed by atoms with Crippen molar-refractivity contribution in [2.24, 2.45) is 0 Å². The lowest BCUT2D eigenvalue weighted by molar-refractivity contribution is -0.143. The monoisotopic (exact) mass is 262 g/mol. The highest BCUT2D eigenvalue weighted by Gasteiger charge is 2.35. The zero-order valence-electron chi connectivity index (χ0n) is 10.2. The smallest absolute Gasteiger partial charge is 0.433 e. The van der Waals surface area contributed by atoms with Crippen LogP contribution in [0.4, 0.5) is 13.2 Å². The molecule has 0 saturated carbocycles. The van der Waals surface area contributed by atoms with Gasteiger partial charge in [-0.25, -0.2) is 9.48 Å². The molecule has 0 unspecified atom stereocenters. The van der Waals surface area contributed by atoms with Crippen LogP contribution in [0.2, 0.25) is 0 Å². The molecular formula is C11H13F3N2O2. The number of nitrogens with zero attached hydrogens (tertiary/aromatic N) is 2. The van der Waals surface area contributed by atoms with Crippen LogP contribution in [-0.4, -0.2) is 22.4 Å². The van der Waals surface area contributed by atoms with Crippen LogP contribution >= 0.6 is 0 Å². The fraction of sp³-hybridized carbons (Fsp3) is 0.455. The van der Waals surface area contributed by atoms with Gasteiger partial charge >= 0.3 is 12.1 Å². The zero-order valence-corrected chi connectivity index (χ0v) is 10.2. The van der Waals surface area contributed by atoms with E-state index in [4.69, 9.17) is 0 Å². The molecule has 100 valence electrons. The Bertz CT molecular complexity index is 475. The average molecular weight is 262 g/mol. The van der Waals surface area contributed by atoms with Crippen molar-refractivity contribution in [3.63, 3.8) is 0 Å². The maximum Gasteiger partial charge on any atom is 0.433 e. The van der Waals surface area contributed by atoms with Gasteiger partial charge in [0.15, 0.2) is 0 Å². The van der Waals surface area contributed by atoms with E-state index in [2.05, 4.69) is 9.84 Å². The van der Waals surface area contributed by atoms with Crippen molar-refractivity contribution in [1.82, 2.24) is 9.78 Å². The quantitative estimate of drug-likeness (QED) is 0.621. The molecule has 1 heterocycles. The van der Waals surface area contributed by atoms with Gasteiger partial charge in [0.05, 0.1) is 12.3 Å². The number of rotatable bonds is 3. The molecule has 0 aliphatic heterocycles. The van der Waals surface area contributed by atoms with E-state index in [-0.39, 0.29) is 18.0 Å². The van der Waals surface area contributed by atoms with E-state index >= 15 is 0 Å². The lowest BCUT2D eigenvalue weighted by Crippen LogP contribution is -2.14. The van der Waals surface area contributed by atoms with Crippen LogP contribution in [0.3, 0.4) is 0 Å². The minimum Gasteiger partial charge on any atom is -0.463 e. The highest BCUT2D eigenvalue weighted by molar-refractivity contribution is 5.87. The number of halogens is 3. The molecule has 0 fully saturated rings. The van der Waals surface area contributed by atoms with Gasteiger partial charge < -0.3 is 4.74 Å². The number of aryl methyl sites for hydroxylation is 1. The van der Waals surface area contributed by atoms with Crippen LogP contribution in [0.5, 0.6) is 0 Å². The van der Waals surface area contributed by atoms with Crippen molar-refractivity contribution in [2.75, 3.05) is 6.61 Å². The fourth-order valence-corrected chi connectivity index (χ4v) is 1.39. The topological polar surface area (TPSA) is 44.1 Å². The van der Waals surface area contributed by atoms with Gasteiger partial charge in [0.25, 0.3) is 0 Å². The third-order valence-corrected chi connectivity index (χ3v) is 2.07. The predicted octanol–water partition coefficient (Wildman–Crippen LogP) is 2.63. The summed E-state index contributed by atoms with van der Waals surface area (Å²) in [5, 5.41) is 3.71. The molecule has 0 saturated heterocycles. The van der Waals surface area contributed by atoms with E-state index in [0.717, 1.165) is 12.1 Å². The Kier molecular flexibility index (Phi) is 4.15. The summed E-state index contributed by atoms with van der Waals surface area (Å²) in [5.74, 6) is -0.698. The number of hydrogen-bond donors (Lipinski definition) is 0. The first kappa shape index (κ1) is 14.3. The van der Waals surface area contributed by atoms with Gasteiger partial charge in [-0.2, -0.15) is 18.3 Å². The molecule has 0 aromatic carbocycles. The molecule has 0 amide bonds. The van der Waals surface area contributed by atoms with Gasteiger partial charge in [0.1, 0.15) is 5.69 Å². The Labute approximate surface area is 102 Å². The number of aromatic nitrogens is 2. The Morgan fingerprint density at radius 1 is 1.56 bits per heavy atom. The molecule has 0 radical (unpaired) electrons. The van der Waals surface area contributed by atoms with Crippen LogP contribution in [0.25, 0.3) is 5.70 Å². The molecule has 0 spiro atoms. The van der Waals surface area contributed by atoms with Crippen molar-refractivity contribution in [1.29, 1.82) is 0 Å². The van der Waals surface area contributed by atoms with Crippen LogP contribution in [0.1, 0.15) is 25.2 Å². The van der Waals surface area contributed by atoms with Crippen molar-refractivity contribution in [2.45, 2.75) is 26.9 Å². The minimum atomic E-state index is -4.52. The SMILES string of the molecule is CCOC(=O)/C=C(/C)n1nc(C)cc1C(F)(F)F. The van der Waals surface area contributed by atoms with Crippen LogP contribution < -0.4 is 0 Å². The van der Waals surface area contributed by atoms with Crippen LogP contribution in [-0.2, 0) is 15.7 Å². The number of esters is 1. The molecule has 0 bridgehead atoms. The summed E-state index contributed by atoms with van der Waals surface area (Å²) in [4.78, 5) is 11.2. The number of carbonyl (C=O) groups is 1. The molecule has 0 aliphatic rings. The fourth-order valence-electron chi connectivity index (χ4n) is 1.39. The summed E-state index contributed by atoms with van der Waals surface area (Å²) in [6.07, 6.45) is -3.55. The molecular weight excluding hydrogens is 249 g/mol. The first-order valence-electron chi connectivity index (χ1n) is 5.25. The van der Waals surface area contributed by atoms with E-state index in [9.17, 15) is 18.0 Å². The van der Waals surface area contributed by atoms with Gasteiger partial charge in [-0.05, 0) is 26.8 Å². The standard InChI is InChI=1S/C11H13F3N2O2/c1-4-18-10(17)6-8(3)16-9(11(12,13)14)5-7(2)15-16/h5-6H,4H2,1-3H3/b8-6-. The first-order valence-corrected chi connectivity index (χ1v) is 5.25. The second-order valence-corrected chi connectivity index (χ2v) is 3.62. The molecule has 1 rings (SSSR count). The maximum atomic E-state index is 12.7. The molecule has 4 nitrogen and oxygen atoms in total. The van der Waals surface area contributed by atoms with Gasteiger partial charge in [-0.15, -0.1) is 0 Å². The number of allylic oxidation sites excluding steroid dienone is 1. The van der Waals surface area contributed by atoms with E-state index in [0.29, 0.717) is 4.68 Å². The number of hydrogen-bond acceptors (Lipinski definition) is 3. The second kappa shape index (κ2) is 5.24. The summed E-state index contributed by atoms with van der Waals surface area (Å²) in [7, 11) is 0. The number of alkyl halides is 3. The Hall–Kier alpha value is -1.79. The van der Waals surface area contributed by atoms with Crippen LogP contribution in [0.15, 0.2) is 12.1 Å². The van der Waals surface area contributed by atoms with E-state index in [1.807, 2.05) is 0 Å². The van der Waals surface area contributed by atoms with Gasteiger partial charge in [0, 0.05) is 11.8 Å². The number of carbonyl (C=O) groups excluding carboxylic acids is 1. The lowest BCUT2D eigenvalue weighted by atomic mass is 10.3. The normalized spacial score (nSPS) is 12.7. The Balaban J connectivity index is 3.13. The highest BCUT2D eigenvalue weighted by atomic mass is 19.4. The van der Waals surface area contributed by atoms with Gasteiger partial charge in [0.2, 0.25) is 0 Å². The predicted molar refractivity (Wildman–Crippen MR) is 58.5 cm³/mol. The summed E-state index contributed by atoms with van der Waals surface area (Å²) in [6.45, 7) is 4.58. The minimum absolute atomic E-state index is 0.0499. The largest absolute Gasteiger partial charge is 0.463 e. The molecule has 18 heavy (non-hydrogen) atoms. The van der Waals surface area contributed by atoms with Crippen molar-refractivity contribution in [3.8, 4) is 0 Å². The Morgan fingerprint density at radius 2 is 2.17 bits per heavy atom. The number of ether oxygens (including phenoxy) is 1. The first-order chi connectivity index (χ1) is 8.25. The average Bonchev–Trinajstić information content (AvgIpc) is 2.60. The molecule has 0 aliphatic carbocycles. The molecule has 7 heteroatoms. The highest BCUT2D eigenvalue weighted by Crippen LogP contribution is 2.31. The summed E-state index contributed by atoms with van der Waals surface area (Å²) < 4.78 is 43.4.